The molecule has 0 spiro atoms. The van der Waals surface area contributed by atoms with Crippen molar-refractivity contribution < 1.29 is 24.5 Å². The molecule has 0 fully saturated rings. The number of hydrogen-bond acceptors (Lipinski definition) is 5. The molecule has 1 aromatic rings. The lowest BCUT2D eigenvalue weighted by Gasteiger charge is -2.11. The maximum atomic E-state index is 10.8. The summed E-state index contributed by atoms with van der Waals surface area (Å²) in [5.41, 5.74) is -0.0394. The Labute approximate surface area is 96.7 Å². The SMILES string of the molecule is COc1cc(C(O)C(=O)O)cc(C#N)c1C=O. The molecule has 0 radical (unpaired) electrons. The summed E-state index contributed by atoms with van der Waals surface area (Å²) in [5, 5.41) is 26.8. The molecular weight excluding hydrogens is 226 g/mol. The smallest absolute Gasteiger partial charge is 0.337 e. The number of carbonyl (C=O) groups excluding carboxylic acids is 1. The van der Waals surface area contributed by atoms with Crippen molar-refractivity contribution in [2.45, 2.75) is 6.10 Å². The van der Waals surface area contributed by atoms with Crippen molar-refractivity contribution in [2.75, 3.05) is 7.11 Å². The predicted octanol–water partition coefficient (Wildman–Crippen LogP) is 0.497. The molecular formula is C11H9NO5. The van der Waals surface area contributed by atoms with Crippen LogP contribution in [0.3, 0.4) is 0 Å². The Bertz CT molecular complexity index is 503. The topological polar surface area (TPSA) is 108 Å². The van der Waals surface area contributed by atoms with Crippen molar-refractivity contribution in [2.24, 2.45) is 0 Å². The minimum Gasteiger partial charge on any atom is -0.496 e. The van der Waals surface area contributed by atoms with Crippen molar-refractivity contribution in [3.63, 3.8) is 0 Å². The highest BCUT2D eigenvalue weighted by atomic mass is 16.5. The van der Waals surface area contributed by atoms with Crippen LogP contribution in [-0.4, -0.2) is 29.6 Å². The van der Waals surface area contributed by atoms with Gasteiger partial charge in [0.15, 0.2) is 12.4 Å². The summed E-state index contributed by atoms with van der Waals surface area (Å²) in [6, 6.07) is 4.10. The van der Waals surface area contributed by atoms with Crippen LogP contribution in [-0.2, 0) is 4.79 Å². The van der Waals surface area contributed by atoms with Crippen LogP contribution in [0, 0.1) is 11.3 Å². The van der Waals surface area contributed by atoms with Gasteiger partial charge in [0.05, 0.1) is 18.2 Å². The van der Waals surface area contributed by atoms with Gasteiger partial charge >= 0.3 is 5.97 Å². The zero-order chi connectivity index (χ0) is 13.0. The summed E-state index contributed by atoms with van der Waals surface area (Å²) in [7, 11) is 1.28. The fraction of sp³-hybridized carbons (Fsp3) is 0.182. The number of methoxy groups -OCH3 is 1. The number of rotatable bonds is 4. The molecule has 0 saturated carbocycles. The van der Waals surface area contributed by atoms with Crippen LogP contribution in [0.15, 0.2) is 12.1 Å². The molecule has 0 aliphatic carbocycles. The number of benzene rings is 1. The molecule has 0 saturated heterocycles. The number of ether oxygens (including phenoxy) is 1. The van der Waals surface area contributed by atoms with Crippen molar-refractivity contribution in [3.05, 3.63) is 28.8 Å². The molecule has 0 amide bonds. The second-order valence-electron chi connectivity index (χ2n) is 3.15. The third kappa shape index (κ3) is 2.41. The van der Waals surface area contributed by atoms with Crippen molar-refractivity contribution in [1.82, 2.24) is 0 Å². The molecule has 0 aliphatic heterocycles. The van der Waals surface area contributed by atoms with Crippen LogP contribution in [0.4, 0.5) is 0 Å². The van der Waals surface area contributed by atoms with Gasteiger partial charge in [0.2, 0.25) is 0 Å². The zero-order valence-electron chi connectivity index (χ0n) is 8.88. The van der Waals surface area contributed by atoms with Crippen LogP contribution in [0.5, 0.6) is 5.75 Å². The Kier molecular flexibility index (Phi) is 3.80. The third-order valence-corrected chi connectivity index (χ3v) is 2.17. The van der Waals surface area contributed by atoms with Crippen molar-refractivity contribution >= 4 is 12.3 Å². The number of carboxylic acid groups (broad SMARTS) is 1. The van der Waals surface area contributed by atoms with E-state index in [0.717, 1.165) is 6.07 Å². The molecule has 2 N–H and O–H groups in total. The zero-order valence-corrected chi connectivity index (χ0v) is 8.88. The fourth-order valence-electron chi connectivity index (χ4n) is 1.33. The lowest BCUT2D eigenvalue weighted by atomic mass is 10.0. The van der Waals surface area contributed by atoms with E-state index in [2.05, 4.69) is 0 Å². The normalized spacial score (nSPS) is 11.4. The first-order valence-corrected chi connectivity index (χ1v) is 4.53. The van der Waals surface area contributed by atoms with Crippen LogP contribution < -0.4 is 4.74 Å². The van der Waals surface area contributed by atoms with Crippen LogP contribution in [0.25, 0.3) is 0 Å². The number of aliphatic carboxylic acids is 1. The standard InChI is InChI=1S/C11H9NO5/c1-17-9-3-6(10(14)11(15)16)2-7(4-12)8(9)5-13/h2-3,5,10,14H,1H3,(H,15,16). The average molecular weight is 235 g/mol. The molecule has 0 aromatic heterocycles. The van der Waals surface area contributed by atoms with E-state index < -0.39 is 12.1 Å². The van der Waals surface area contributed by atoms with Gasteiger partial charge in [-0.3, -0.25) is 4.79 Å². The Morgan fingerprint density at radius 3 is 2.65 bits per heavy atom. The van der Waals surface area contributed by atoms with E-state index in [9.17, 15) is 14.7 Å². The number of aliphatic hydroxyl groups is 1. The first-order valence-electron chi connectivity index (χ1n) is 4.53. The van der Waals surface area contributed by atoms with Gasteiger partial charge < -0.3 is 14.9 Å². The molecule has 6 nitrogen and oxygen atoms in total. The molecule has 0 heterocycles. The molecule has 1 aromatic carbocycles. The number of nitrogens with zero attached hydrogens (tertiary/aromatic N) is 1. The number of aldehydes is 1. The molecule has 17 heavy (non-hydrogen) atoms. The maximum Gasteiger partial charge on any atom is 0.337 e. The minimum absolute atomic E-state index is 0.0171. The maximum absolute atomic E-state index is 10.8. The highest BCUT2D eigenvalue weighted by Gasteiger charge is 2.20. The number of carbonyl (C=O) groups is 2. The van der Waals surface area contributed by atoms with E-state index >= 15 is 0 Å². The molecule has 0 bridgehead atoms. The Morgan fingerprint density at radius 2 is 2.24 bits per heavy atom. The molecule has 1 rings (SSSR count). The molecule has 88 valence electrons. The number of carboxylic acids is 1. The fourth-order valence-corrected chi connectivity index (χ4v) is 1.33. The van der Waals surface area contributed by atoms with Crippen LogP contribution in [0.1, 0.15) is 27.6 Å². The van der Waals surface area contributed by atoms with E-state index in [1.807, 2.05) is 0 Å². The lowest BCUT2D eigenvalue weighted by Crippen LogP contribution is -2.11. The Morgan fingerprint density at radius 1 is 1.59 bits per heavy atom. The van der Waals surface area contributed by atoms with Crippen LogP contribution in [0.2, 0.25) is 0 Å². The minimum atomic E-state index is -1.77. The van der Waals surface area contributed by atoms with E-state index in [0.29, 0.717) is 6.29 Å². The molecule has 6 heteroatoms. The van der Waals surface area contributed by atoms with E-state index in [-0.39, 0.29) is 22.4 Å². The van der Waals surface area contributed by atoms with Gasteiger partial charge in [-0.1, -0.05) is 0 Å². The largest absolute Gasteiger partial charge is 0.496 e. The highest BCUT2D eigenvalue weighted by molar-refractivity contribution is 5.84. The molecule has 1 unspecified atom stereocenters. The number of hydrogen-bond donors (Lipinski definition) is 2. The lowest BCUT2D eigenvalue weighted by molar-refractivity contribution is -0.146. The molecule has 1 atom stereocenters. The van der Waals surface area contributed by atoms with E-state index in [1.165, 1.54) is 13.2 Å². The Balaban J connectivity index is 3.43. The monoisotopic (exact) mass is 235 g/mol. The summed E-state index contributed by atoms with van der Waals surface area (Å²) in [6.45, 7) is 0. The van der Waals surface area contributed by atoms with Gasteiger partial charge in [0, 0.05) is 0 Å². The summed E-state index contributed by atoms with van der Waals surface area (Å²) in [6.07, 6.45) is -1.33. The predicted molar refractivity (Wildman–Crippen MR) is 55.7 cm³/mol. The first-order chi connectivity index (χ1) is 8.04. The first kappa shape index (κ1) is 12.7. The summed E-state index contributed by atoms with van der Waals surface area (Å²) in [5.74, 6) is -1.40. The Hall–Kier alpha value is -2.39. The number of nitriles is 1. The van der Waals surface area contributed by atoms with Gasteiger partial charge in [-0.15, -0.1) is 0 Å². The third-order valence-electron chi connectivity index (χ3n) is 2.17. The second-order valence-corrected chi connectivity index (χ2v) is 3.15. The van der Waals surface area contributed by atoms with Gasteiger partial charge in [-0.05, 0) is 17.7 Å². The summed E-state index contributed by atoms with van der Waals surface area (Å²) in [4.78, 5) is 21.4. The van der Waals surface area contributed by atoms with Crippen molar-refractivity contribution in [3.8, 4) is 11.8 Å². The van der Waals surface area contributed by atoms with Gasteiger partial charge in [-0.2, -0.15) is 5.26 Å². The number of aliphatic hydroxyl groups excluding tert-OH is 1. The van der Waals surface area contributed by atoms with Gasteiger partial charge in [0.25, 0.3) is 0 Å². The van der Waals surface area contributed by atoms with E-state index in [1.54, 1.807) is 6.07 Å². The van der Waals surface area contributed by atoms with E-state index in [4.69, 9.17) is 15.1 Å². The van der Waals surface area contributed by atoms with Gasteiger partial charge in [-0.25, -0.2) is 4.79 Å². The highest BCUT2D eigenvalue weighted by Crippen LogP contribution is 2.26. The summed E-state index contributed by atoms with van der Waals surface area (Å²) >= 11 is 0. The van der Waals surface area contributed by atoms with Crippen molar-refractivity contribution in [1.29, 1.82) is 5.26 Å². The van der Waals surface area contributed by atoms with Crippen LogP contribution >= 0.6 is 0 Å². The average Bonchev–Trinajstić information content (AvgIpc) is 2.35. The second kappa shape index (κ2) is 5.09. The van der Waals surface area contributed by atoms with Gasteiger partial charge in [0.1, 0.15) is 11.8 Å². The molecule has 0 aliphatic rings. The quantitative estimate of drug-likeness (QED) is 0.735. The summed E-state index contributed by atoms with van der Waals surface area (Å²) < 4.78 is 4.86.